The number of nitro groups is 2. The third kappa shape index (κ3) is 1.97. The van der Waals surface area contributed by atoms with Gasteiger partial charge in [-0.2, -0.15) is 0 Å². The van der Waals surface area contributed by atoms with Gasteiger partial charge in [-0.3, -0.25) is 20.2 Å². The zero-order chi connectivity index (χ0) is 10.9. The molecule has 0 amide bonds. The third-order valence-electron chi connectivity index (χ3n) is 1.57. The fourth-order valence-electron chi connectivity index (χ4n) is 0.997. The van der Waals surface area contributed by atoms with E-state index in [0.717, 1.165) is 0 Å². The molecule has 0 bridgehead atoms. The van der Waals surface area contributed by atoms with E-state index in [9.17, 15) is 20.2 Å². The summed E-state index contributed by atoms with van der Waals surface area (Å²) in [5.74, 6) is 0. The smallest absolute Gasteiger partial charge is 0.258 e. The largest absolute Gasteiger partial charge is 0.289 e. The number of aryl methyl sites for hydroxylation is 1. The molecule has 7 heteroatoms. The molecule has 0 atom stereocenters. The molecule has 74 valence electrons. The van der Waals surface area contributed by atoms with Crippen molar-refractivity contribution in [2.24, 2.45) is 0 Å². The minimum atomic E-state index is -0.623. The molecule has 0 unspecified atom stereocenters. The molecule has 6 nitrogen and oxygen atoms in total. The molecule has 0 spiro atoms. The highest BCUT2D eigenvalue weighted by molar-refractivity contribution is 14.1. The minimum absolute atomic E-state index is 0.0585. The Bertz CT molecular complexity index is 383. The average molecular weight is 308 g/mol. The van der Waals surface area contributed by atoms with Crippen molar-refractivity contribution in [2.75, 3.05) is 0 Å². The summed E-state index contributed by atoms with van der Waals surface area (Å²) in [4.78, 5) is 19.8. The molecule has 0 saturated carbocycles. The Labute approximate surface area is 92.4 Å². The Morgan fingerprint density at radius 2 is 1.50 bits per heavy atom. The Hall–Kier alpha value is -1.25. The lowest BCUT2D eigenvalue weighted by molar-refractivity contribution is -0.396. The van der Waals surface area contributed by atoms with Gasteiger partial charge in [-0.15, -0.1) is 0 Å². The summed E-state index contributed by atoms with van der Waals surface area (Å²) in [6, 6.07) is 2.63. The summed E-state index contributed by atoms with van der Waals surface area (Å²) in [5.41, 5.74) is 0.0541. The van der Waals surface area contributed by atoms with Crippen LogP contribution in [0, 0.1) is 30.7 Å². The van der Waals surface area contributed by atoms with Crippen LogP contribution in [0.1, 0.15) is 5.56 Å². The van der Waals surface area contributed by atoms with Crippen molar-refractivity contribution in [2.45, 2.75) is 6.92 Å². The Balaban J connectivity index is 3.47. The topological polar surface area (TPSA) is 86.3 Å². The van der Waals surface area contributed by atoms with Gasteiger partial charge in [-0.05, 0) is 35.1 Å². The molecule has 0 fully saturated rings. The van der Waals surface area contributed by atoms with E-state index < -0.39 is 9.85 Å². The van der Waals surface area contributed by atoms with Crippen LogP contribution in [0.3, 0.4) is 0 Å². The number of benzene rings is 1. The van der Waals surface area contributed by atoms with Crippen molar-refractivity contribution in [1.82, 2.24) is 0 Å². The van der Waals surface area contributed by atoms with Crippen LogP contribution in [0.2, 0.25) is 0 Å². The molecule has 0 radical (unpaired) electrons. The minimum Gasteiger partial charge on any atom is -0.258 e. The summed E-state index contributed by atoms with van der Waals surface area (Å²) >= 11 is 1.60. The molecule has 0 aliphatic rings. The second-order valence-electron chi connectivity index (χ2n) is 2.63. The first-order valence-electron chi connectivity index (χ1n) is 3.52. The summed E-state index contributed by atoms with van der Waals surface area (Å²) in [7, 11) is 0. The number of rotatable bonds is 2. The molecular formula is C7H5IN2O4. The second kappa shape index (κ2) is 3.86. The van der Waals surface area contributed by atoms with E-state index in [1.807, 2.05) is 0 Å². The lowest BCUT2D eigenvalue weighted by atomic mass is 10.2. The maximum absolute atomic E-state index is 10.5. The zero-order valence-electron chi connectivity index (χ0n) is 7.06. The van der Waals surface area contributed by atoms with Gasteiger partial charge < -0.3 is 0 Å². The molecule has 14 heavy (non-hydrogen) atoms. The van der Waals surface area contributed by atoms with Crippen molar-refractivity contribution in [3.63, 3.8) is 0 Å². The van der Waals surface area contributed by atoms with E-state index in [-0.39, 0.29) is 14.9 Å². The fraction of sp³-hybridized carbons (Fsp3) is 0.143. The number of halogens is 1. The molecular weight excluding hydrogens is 303 g/mol. The van der Waals surface area contributed by atoms with Crippen molar-refractivity contribution >= 4 is 34.0 Å². The van der Waals surface area contributed by atoms with Crippen LogP contribution in [0.15, 0.2) is 12.1 Å². The fourth-order valence-corrected chi connectivity index (χ4v) is 1.70. The van der Waals surface area contributed by atoms with E-state index in [1.54, 1.807) is 29.5 Å². The van der Waals surface area contributed by atoms with Crippen LogP contribution in [0.4, 0.5) is 11.4 Å². The van der Waals surface area contributed by atoms with Gasteiger partial charge in [0.25, 0.3) is 11.4 Å². The molecule has 0 saturated heterocycles. The van der Waals surface area contributed by atoms with Gasteiger partial charge in [-0.1, -0.05) is 0 Å². The van der Waals surface area contributed by atoms with Gasteiger partial charge in [0.05, 0.1) is 9.85 Å². The van der Waals surface area contributed by atoms with Crippen molar-refractivity contribution in [1.29, 1.82) is 0 Å². The summed E-state index contributed by atoms with van der Waals surface area (Å²) < 4.78 is 0.0585. The number of hydrogen-bond donors (Lipinski definition) is 0. The van der Waals surface area contributed by atoms with Crippen LogP contribution < -0.4 is 0 Å². The normalized spacial score (nSPS) is 9.86. The SMILES string of the molecule is Cc1cc([N+](=O)[O-])c(I)c([N+](=O)[O-])c1. The highest BCUT2D eigenvalue weighted by atomic mass is 127. The number of nitro benzene ring substituents is 2. The lowest BCUT2D eigenvalue weighted by Gasteiger charge is -1.99. The molecule has 0 aliphatic heterocycles. The molecule has 0 aromatic heterocycles. The van der Waals surface area contributed by atoms with Crippen LogP contribution >= 0.6 is 22.6 Å². The highest BCUT2D eigenvalue weighted by Gasteiger charge is 2.23. The first-order valence-corrected chi connectivity index (χ1v) is 4.60. The summed E-state index contributed by atoms with van der Waals surface area (Å²) in [6.45, 7) is 1.58. The van der Waals surface area contributed by atoms with E-state index in [2.05, 4.69) is 0 Å². The predicted octanol–water partition coefficient (Wildman–Crippen LogP) is 2.42. The molecule has 0 heterocycles. The number of nitrogens with zero attached hydrogens (tertiary/aromatic N) is 2. The van der Waals surface area contributed by atoms with E-state index >= 15 is 0 Å². The zero-order valence-corrected chi connectivity index (χ0v) is 9.22. The maximum Gasteiger partial charge on any atom is 0.289 e. The molecule has 1 aromatic carbocycles. The first-order chi connectivity index (χ1) is 6.43. The van der Waals surface area contributed by atoms with Gasteiger partial charge in [0, 0.05) is 12.1 Å². The van der Waals surface area contributed by atoms with Gasteiger partial charge in [-0.25, -0.2) is 0 Å². The third-order valence-corrected chi connectivity index (χ3v) is 2.68. The monoisotopic (exact) mass is 308 g/mol. The Morgan fingerprint density at radius 1 is 1.14 bits per heavy atom. The van der Waals surface area contributed by atoms with Crippen molar-refractivity contribution in [3.05, 3.63) is 41.5 Å². The van der Waals surface area contributed by atoms with Crippen LogP contribution in [0.5, 0.6) is 0 Å². The van der Waals surface area contributed by atoms with Crippen LogP contribution in [-0.2, 0) is 0 Å². The van der Waals surface area contributed by atoms with Gasteiger partial charge in [0.1, 0.15) is 0 Å². The number of hydrogen-bond acceptors (Lipinski definition) is 4. The van der Waals surface area contributed by atoms with Crippen LogP contribution in [-0.4, -0.2) is 9.85 Å². The van der Waals surface area contributed by atoms with E-state index in [0.29, 0.717) is 5.56 Å². The molecule has 1 rings (SSSR count). The van der Waals surface area contributed by atoms with E-state index in [4.69, 9.17) is 0 Å². The molecule has 1 aromatic rings. The highest BCUT2D eigenvalue weighted by Crippen LogP contribution is 2.30. The standard InChI is InChI=1S/C7H5IN2O4/c1-4-2-5(9(11)12)7(8)6(3-4)10(13)14/h2-3H,1H3. The van der Waals surface area contributed by atoms with Crippen molar-refractivity contribution < 1.29 is 9.85 Å². The van der Waals surface area contributed by atoms with Gasteiger partial charge in [0.15, 0.2) is 3.57 Å². The average Bonchev–Trinajstić information content (AvgIpc) is 2.07. The molecule has 0 N–H and O–H groups in total. The van der Waals surface area contributed by atoms with Gasteiger partial charge >= 0.3 is 0 Å². The summed E-state index contributed by atoms with van der Waals surface area (Å²) in [5, 5.41) is 21.1. The van der Waals surface area contributed by atoms with Crippen LogP contribution in [0.25, 0.3) is 0 Å². The van der Waals surface area contributed by atoms with Crippen molar-refractivity contribution in [3.8, 4) is 0 Å². The first kappa shape index (κ1) is 10.8. The summed E-state index contributed by atoms with van der Waals surface area (Å²) in [6.07, 6.45) is 0. The predicted molar refractivity (Wildman–Crippen MR) is 57.2 cm³/mol. The maximum atomic E-state index is 10.5. The lowest BCUT2D eigenvalue weighted by Crippen LogP contribution is -1.98. The quantitative estimate of drug-likeness (QED) is 0.477. The van der Waals surface area contributed by atoms with Gasteiger partial charge in [0.2, 0.25) is 0 Å². The van der Waals surface area contributed by atoms with E-state index in [1.165, 1.54) is 12.1 Å². The second-order valence-corrected chi connectivity index (χ2v) is 3.71. The molecule has 0 aliphatic carbocycles. The Kier molecular flexibility index (Phi) is 2.99. The Morgan fingerprint density at radius 3 is 1.79 bits per heavy atom.